The number of nitrogens with zero attached hydrogens (tertiary/aromatic N) is 1. The molecule has 0 amide bonds. The Morgan fingerprint density at radius 2 is 1.70 bits per heavy atom. The van der Waals surface area contributed by atoms with Gasteiger partial charge in [-0.2, -0.15) is 0 Å². The van der Waals surface area contributed by atoms with E-state index in [0.29, 0.717) is 12.2 Å². The number of carbonyl (C=O) groups is 1. The third kappa shape index (κ3) is 4.20. The first kappa shape index (κ1) is 14.3. The molecule has 0 spiro atoms. The molecule has 0 N–H and O–H groups in total. The Bertz CT molecular complexity index is 596. The molecular weight excluding hydrogens is 274 g/mol. The fraction of sp³-hybridized carbons (Fsp3) is 0.133. The number of nitro benzene ring substituents is 1. The van der Waals surface area contributed by atoms with E-state index in [1.807, 2.05) is 30.3 Å². The Hall–Kier alpha value is -2.14. The van der Waals surface area contributed by atoms with Crippen molar-refractivity contribution in [3.8, 4) is 0 Å². The summed E-state index contributed by atoms with van der Waals surface area (Å²) >= 11 is 1.40. The molecule has 2 aromatic carbocycles. The minimum absolute atomic E-state index is 0.0602. The van der Waals surface area contributed by atoms with Gasteiger partial charge in [0.25, 0.3) is 5.69 Å². The minimum atomic E-state index is -0.436. The van der Waals surface area contributed by atoms with Crippen molar-refractivity contribution in [2.45, 2.75) is 11.3 Å². The molecule has 0 aliphatic carbocycles. The van der Waals surface area contributed by atoms with Crippen molar-refractivity contribution in [2.24, 2.45) is 0 Å². The van der Waals surface area contributed by atoms with Gasteiger partial charge in [0.05, 0.1) is 10.7 Å². The van der Waals surface area contributed by atoms with Crippen molar-refractivity contribution in [3.05, 3.63) is 70.3 Å². The molecular formula is C15H13NO3S. The summed E-state index contributed by atoms with van der Waals surface area (Å²) in [6, 6.07) is 15.8. The quantitative estimate of drug-likeness (QED) is 0.463. The summed E-state index contributed by atoms with van der Waals surface area (Å²) in [5.74, 6) is 0.506. The maximum atomic E-state index is 11.8. The number of hydrogen-bond donors (Lipinski definition) is 0. The summed E-state index contributed by atoms with van der Waals surface area (Å²) in [7, 11) is 0. The number of benzene rings is 2. The van der Waals surface area contributed by atoms with Crippen LogP contribution in [0, 0.1) is 10.1 Å². The lowest BCUT2D eigenvalue weighted by molar-refractivity contribution is -0.384. The van der Waals surface area contributed by atoms with Crippen LogP contribution in [-0.2, 0) is 11.2 Å². The fourth-order valence-electron chi connectivity index (χ4n) is 1.70. The smallest absolute Gasteiger partial charge is 0.269 e. The average molecular weight is 287 g/mol. The number of ketones is 1. The zero-order valence-corrected chi connectivity index (χ0v) is 11.5. The molecule has 5 heteroatoms. The summed E-state index contributed by atoms with van der Waals surface area (Å²) in [4.78, 5) is 22.8. The van der Waals surface area contributed by atoms with E-state index >= 15 is 0 Å². The molecule has 4 nitrogen and oxygen atoms in total. The second-order valence-electron chi connectivity index (χ2n) is 4.24. The standard InChI is InChI=1S/C15H13NO3S/c17-14(10-12-4-2-1-3-5-12)11-20-15-8-6-13(7-9-15)16(18)19/h1-9H,10-11H2. The molecule has 0 bridgehead atoms. The van der Waals surface area contributed by atoms with Crippen LogP contribution in [0.2, 0.25) is 0 Å². The lowest BCUT2D eigenvalue weighted by atomic mass is 10.1. The Labute approximate surface area is 121 Å². The highest BCUT2D eigenvalue weighted by atomic mass is 32.2. The zero-order valence-electron chi connectivity index (χ0n) is 10.7. The van der Waals surface area contributed by atoms with Crippen molar-refractivity contribution in [1.82, 2.24) is 0 Å². The Balaban J connectivity index is 1.85. The molecule has 0 aromatic heterocycles. The summed E-state index contributed by atoms with van der Waals surface area (Å²) in [6.45, 7) is 0. The molecule has 0 atom stereocenters. The van der Waals surface area contributed by atoms with Crippen LogP contribution in [-0.4, -0.2) is 16.5 Å². The lowest BCUT2D eigenvalue weighted by Gasteiger charge is -2.02. The second-order valence-corrected chi connectivity index (χ2v) is 5.29. The van der Waals surface area contributed by atoms with Crippen molar-refractivity contribution < 1.29 is 9.72 Å². The summed E-state index contributed by atoms with van der Waals surface area (Å²) < 4.78 is 0. The molecule has 2 aromatic rings. The first-order valence-electron chi connectivity index (χ1n) is 6.08. The summed E-state index contributed by atoms with van der Waals surface area (Å²) in [5, 5.41) is 10.5. The number of hydrogen-bond acceptors (Lipinski definition) is 4. The third-order valence-electron chi connectivity index (χ3n) is 2.69. The Morgan fingerprint density at radius 3 is 2.30 bits per heavy atom. The maximum absolute atomic E-state index is 11.8. The van der Waals surface area contributed by atoms with E-state index in [4.69, 9.17) is 0 Å². The molecule has 0 unspecified atom stereocenters. The van der Waals surface area contributed by atoms with Crippen LogP contribution in [0.1, 0.15) is 5.56 Å². The molecule has 0 saturated heterocycles. The highest BCUT2D eigenvalue weighted by Crippen LogP contribution is 2.21. The van der Waals surface area contributed by atoms with E-state index in [2.05, 4.69) is 0 Å². The number of nitro groups is 1. The first-order chi connectivity index (χ1) is 9.65. The number of non-ortho nitro benzene ring substituents is 1. The predicted molar refractivity (Wildman–Crippen MR) is 79.0 cm³/mol. The van der Waals surface area contributed by atoms with Crippen LogP contribution >= 0.6 is 11.8 Å². The third-order valence-corrected chi connectivity index (χ3v) is 3.76. The van der Waals surface area contributed by atoms with Gasteiger partial charge in [0, 0.05) is 23.4 Å². The van der Waals surface area contributed by atoms with Gasteiger partial charge in [0.2, 0.25) is 0 Å². The maximum Gasteiger partial charge on any atom is 0.269 e. The molecule has 0 heterocycles. The molecule has 0 radical (unpaired) electrons. The topological polar surface area (TPSA) is 60.2 Å². The van der Waals surface area contributed by atoms with Crippen molar-refractivity contribution in [1.29, 1.82) is 0 Å². The first-order valence-corrected chi connectivity index (χ1v) is 7.06. The van der Waals surface area contributed by atoms with E-state index in [-0.39, 0.29) is 11.5 Å². The SMILES string of the molecule is O=C(CSc1ccc([N+](=O)[O-])cc1)Cc1ccccc1. The molecule has 20 heavy (non-hydrogen) atoms. The molecule has 0 aliphatic heterocycles. The monoisotopic (exact) mass is 287 g/mol. The zero-order chi connectivity index (χ0) is 14.4. The second kappa shape index (κ2) is 6.86. The highest BCUT2D eigenvalue weighted by molar-refractivity contribution is 8.00. The summed E-state index contributed by atoms with van der Waals surface area (Å²) in [6.07, 6.45) is 0.417. The van der Waals surface area contributed by atoms with Gasteiger partial charge in [-0.05, 0) is 17.7 Å². The number of carbonyl (C=O) groups excluding carboxylic acids is 1. The average Bonchev–Trinajstić information content (AvgIpc) is 2.46. The van der Waals surface area contributed by atoms with E-state index in [9.17, 15) is 14.9 Å². The van der Waals surface area contributed by atoms with E-state index in [1.165, 1.54) is 23.9 Å². The van der Waals surface area contributed by atoms with Crippen molar-refractivity contribution in [3.63, 3.8) is 0 Å². The van der Waals surface area contributed by atoms with Crippen LogP contribution in [0.25, 0.3) is 0 Å². The van der Waals surface area contributed by atoms with Crippen LogP contribution in [0.4, 0.5) is 5.69 Å². The fourth-order valence-corrected chi connectivity index (χ4v) is 2.46. The molecule has 0 aliphatic rings. The molecule has 0 fully saturated rings. The number of thioether (sulfide) groups is 1. The largest absolute Gasteiger partial charge is 0.298 e. The minimum Gasteiger partial charge on any atom is -0.298 e. The Kier molecular flexibility index (Phi) is 4.90. The Morgan fingerprint density at radius 1 is 1.05 bits per heavy atom. The van der Waals surface area contributed by atoms with E-state index < -0.39 is 4.92 Å². The van der Waals surface area contributed by atoms with Gasteiger partial charge < -0.3 is 0 Å². The normalized spacial score (nSPS) is 10.2. The van der Waals surface area contributed by atoms with Gasteiger partial charge in [0.15, 0.2) is 0 Å². The van der Waals surface area contributed by atoms with Crippen LogP contribution in [0.3, 0.4) is 0 Å². The number of rotatable bonds is 6. The van der Waals surface area contributed by atoms with Gasteiger partial charge in [-0.3, -0.25) is 14.9 Å². The van der Waals surface area contributed by atoms with Gasteiger partial charge in [-0.1, -0.05) is 30.3 Å². The van der Waals surface area contributed by atoms with Gasteiger partial charge in [0.1, 0.15) is 5.78 Å². The van der Waals surface area contributed by atoms with E-state index in [1.54, 1.807) is 12.1 Å². The number of Topliss-reactive ketones (excluding diaryl/α,β-unsaturated/α-hetero) is 1. The molecule has 0 saturated carbocycles. The predicted octanol–water partition coefficient (Wildman–Crippen LogP) is 3.50. The van der Waals surface area contributed by atoms with Crippen molar-refractivity contribution in [2.75, 3.05) is 5.75 Å². The van der Waals surface area contributed by atoms with Crippen LogP contribution < -0.4 is 0 Å². The van der Waals surface area contributed by atoms with Gasteiger partial charge >= 0.3 is 0 Å². The molecule has 2 rings (SSSR count). The highest BCUT2D eigenvalue weighted by Gasteiger charge is 2.07. The van der Waals surface area contributed by atoms with Crippen LogP contribution in [0.5, 0.6) is 0 Å². The van der Waals surface area contributed by atoms with E-state index in [0.717, 1.165) is 10.5 Å². The van der Waals surface area contributed by atoms with Gasteiger partial charge in [-0.25, -0.2) is 0 Å². The summed E-state index contributed by atoms with van der Waals surface area (Å²) in [5.41, 5.74) is 1.06. The van der Waals surface area contributed by atoms with Crippen molar-refractivity contribution >= 4 is 23.2 Å². The van der Waals surface area contributed by atoms with Gasteiger partial charge in [-0.15, -0.1) is 11.8 Å². The molecule has 102 valence electrons. The van der Waals surface area contributed by atoms with Crippen LogP contribution in [0.15, 0.2) is 59.5 Å². The lowest BCUT2D eigenvalue weighted by Crippen LogP contribution is -2.05.